The van der Waals surface area contributed by atoms with E-state index in [1.165, 1.54) is 21.8 Å². The number of rotatable bonds is 12. The molecule has 176 valence electrons. The maximum Gasteiger partial charge on any atom is 0.280 e. The van der Waals surface area contributed by atoms with Crippen molar-refractivity contribution in [2.45, 2.75) is 13.5 Å². The van der Waals surface area contributed by atoms with E-state index in [1.807, 2.05) is 0 Å². The molecule has 0 unspecified atom stereocenters. The van der Waals surface area contributed by atoms with Crippen molar-refractivity contribution in [1.29, 1.82) is 0 Å². The van der Waals surface area contributed by atoms with E-state index in [0.29, 0.717) is 11.3 Å². The Hall–Kier alpha value is -3.86. The van der Waals surface area contributed by atoms with Crippen LogP contribution in [0.5, 0.6) is 0 Å². The van der Waals surface area contributed by atoms with Crippen LogP contribution in [-0.4, -0.2) is 82.3 Å². The molecule has 0 aliphatic rings. The molecule has 0 saturated carbocycles. The van der Waals surface area contributed by atoms with Gasteiger partial charge in [0, 0.05) is 0 Å². The number of nitrogens with one attached hydrogen (secondary N) is 4. The first-order valence-electron chi connectivity index (χ1n) is 9.86. The van der Waals surface area contributed by atoms with E-state index >= 15 is 0 Å². The number of anilines is 2. The summed E-state index contributed by atoms with van der Waals surface area (Å²) in [7, 11) is 0. The molecule has 6 N–H and O–H groups in total. The van der Waals surface area contributed by atoms with Gasteiger partial charge >= 0.3 is 0 Å². The molecule has 0 aromatic carbocycles. The van der Waals surface area contributed by atoms with Crippen LogP contribution in [0.25, 0.3) is 22.3 Å². The lowest BCUT2D eigenvalue weighted by Gasteiger charge is -2.09. The number of ether oxygens (including phenoxy) is 2. The predicted octanol–water partition coefficient (Wildman–Crippen LogP) is -2.03. The number of H-pyrrole nitrogens is 2. The van der Waals surface area contributed by atoms with Crippen LogP contribution in [0.1, 0.15) is 0 Å². The monoisotopic (exact) mass is 462 g/mol. The number of hydrogen-bond acceptors (Lipinski definition) is 12. The summed E-state index contributed by atoms with van der Waals surface area (Å²) in [5.74, 6) is 0.324. The number of aliphatic hydroxyl groups is 2. The summed E-state index contributed by atoms with van der Waals surface area (Å²) >= 11 is 0. The van der Waals surface area contributed by atoms with Crippen molar-refractivity contribution < 1.29 is 19.7 Å². The van der Waals surface area contributed by atoms with Gasteiger partial charge in [-0.3, -0.25) is 28.7 Å². The SMILES string of the molecule is O=c1[nH]c(NCNc2nc3c(ncn3COCCO)c(=O)[nH]2)nc2c1ncn2COCCO. The molecule has 33 heavy (non-hydrogen) atoms. The van der Waals surface area contributed by atoms with Crippen molar-refractivity contribution in [2.75, 3.05) is 43.7 Å². The predicted molar refractivity (Wildman–Crippen MR) is 114 cm³/mol. The highest BCUT2D eigenvalue weighted by Crippen LogP contribution is 2.10. The molecule has 0 aliphatic heterocycles. The molecule has 0 spiro atoms. The highest BCUT2D eigenvalue weighted by atomic mass is 16.5. The summed E-state index contributed by atoms with van der Waals surface area (Å²) < 4.78 is 13.6. The molecule has 0 bridgehead atoms. The number of aliphatic hydroxyl groups excluding tert-OH is 2. The van der Waals surface area contributed by atoms with Gasteiger partial charge in [0.15, 0.2) is 22.3 Å². The molecule has 4 aromatic heterocycles. The van der Waals surface area contributed by atoms with Gasteiger partial charge in [-0.15, -0.1) is 0 Å². The quantitative estimate of drug-likeness (QED) is 0.0994. The largest absolute Gasteiger partial charge is 0.394 e. The number of fused-ring (bicyclic) bond motifs is 2. The van der Waals surface area contributed by atoms with Gasteiger partial charge in [0.2, 0.25) is 11.9 Å². The second-order valence-electron chi connectivity index (χ2n) is 6.65. The van der Waals surface area contributed by atoms with Gasteiger partial charge in [-0.25, -0.2) is 9.97 Å². The van der Waals surface area contributed by atoms with Gasteiger partial charge in [0.1, 0.15) is 13.5 Å². The molecule has 0 fully saturated rings. The van der Waals surface area contributed by atoms with Gasteiger partial charge in [-0.05, 0) is 0 Å². The van der Waals surface area contributed by atoms with E-state index in [4.69, 9.17) is 19.7 Å². The third-order valence-corrected chi connectivity index (χ3v) is 4.39. The summed E-state index contributed by atoms with van der Waals surface area (Å²) in [4.78, 5) is 46.4. The first kappa shape index (κ1) is 22.3. The fraction of sp³-hybridized carbons (Fsp3) is 0.412. The summed E-state index contributed by atoms with van der Waals surface area (Å²) in [6.45, 7) is 0.236. The van der Waals surface area contributed by atoms with E-state index in [2.05, 4.69) is 40.5 Å². The van der Waals surface area contributed by atoms with E-state index in [0.717, 1.165) is 0 Å². The van der Waals surface area contributed by atoms with E-state index in [-0.39, 0.29) is 69.5 Å². The molecular weight excluding hydrogens is 440 g/mol. The zero-order valence-electron chi connectivity index (χ0n) is 17.3. The molecule has 16 heteroatoms. The molecule has 0 aliphatic carbocycles. The summed E-state index contributed by atoms with van der Waals surface area (Å²) in [5.41, 5.74) is 0.0209. The molecule has 4 heterocycles. The molecule has 0 amide bonds. The second kappa shape index (κ2) is 10.2. The van der Waals surface area contributed by atoms with Crippen LogP contribution in [0.2, 0.25) is 0 Å². The molecule has 0 radical (unpaired) electrons. The zero-order chi connectivity index (χ0) is 23.2. The van der Waals surface area contributed by atoms with E-state index < -0.39 is 11.1 Å². The van der Waals surface area contributed by atoms with Crippen molar-refractivity contribution in [1.82, 2.24) is 39.0 Å². The molecule has 16 nitrogen and oxygen atoms in total. The molecule has 0 saturated heterocycles. The number of imidazole rings is 2. The lowest BCUT2D eigenvalue weighted by Crippen LogP contribution is -2.21. The Kier molecular flexibility index (Phi) is 6.89. The minimum absolute atomic E-state index is 0.0627. The van der Waals surface area contributed by atoms with Crippen LogP contribution in [-0.2, 0) is 22.9 Å². The maximum atomic E-state index is 12.3. The average Bonchev–Trinajstić information content (AvgIpc) is 3.39. The molecule has 4 rings (SSSR count). The van der Waals surface area contributed by atoms with Gasteiger partial charge < -0.3 is 30.3 Å². The first-order valence-corrected chi connectivity index (χ1v) is 9.86. The minimum Gasteiger partial charge on any atom is -0.394 e. The molecule has 4 aromatic rings. The number of hydrogen-bond donors (Lipinski definition) is 6. The lowest BCUT2D eigenvalue weighted by atomic mass is 10.5. The number of nitrogens with zero attached hydrogens (tertiary/aromatic N) is 6. The van der Waals surface area contributed by atoms with Crippen molar-refractivity contribution in [3.05, 3.63) is 33.4 Å². The topological polar surface area (TPSA) is 210 Å². The molecular formula is C17H22N10O6. The van der Waals surface area contributed by atoms with Gasteiger partial charge in [0.05, 0.1) is 45.8 Å². The number of aromatic amines is 2. The van der Waals surface area contributed by atoms with Crippen LogP contribution in [0, 0.1) is 0 Å². The average molecular weight is 462 g/mol. The maximum absolute atomic E-state index is 12.3. The Morgan fingerprint density at radius 1 is 0.818 bits per heavy atom. The van der Waals surface area contributed by atoms with E-state index in [9.17, 15) is 9.59 Å². The second-order valence-corrected chi connectivity index (χ2v) is 6.65. The van der Waals surface area contributed by atoms with Crippen molar-refractivity contribution in [3.63, 3.8) is 0 Å². The first-order chi connectivity index (χ1) is 16.1. The van der Waals surface area contributed by atoms with Gasteiger partial charge in [-0.1, -0.05) is 0 Å². The Balaban J connectivity index is 1.46. The third-order valence-electron chi connectivity index (χ3n) is 4.39. The Morgan fingerprint density at radius 3 is 1.70 bits per heavy atom. The van der Waals surface area contributed by atoms with Crippen LogP contribution >= 0.6 is 0 Å². The summed E-state index contributed by atoms with van der Waals surface area (Å²) in [5, 5.41) is 23.4. The lowest BCUT2D eigenvalue weighted by molar-refractivity contribution is 0.0499. The summed E-state index contributed by atoms with van der Waals surface area (Å²) in [6, 6.07) is 0. The standard InChI is InChI=1S/C17H22N10O6/c28-1-3-32-8-26-6-20-10-12(26)22-16(24-14(10)30)18-5-19-17-23-13-11(15(31)25-17)21-7-27(13)9-33-4-2-29/h6-7,28-29H,1-5,8-9H2,(H2,18,22,24,30)(H2,19,23,25,31). The van der Waals surface area contributed by atoms with Crippen LogP contribution in [0.4, 0.5) is 11.9 Å². The Morgan fingerprint density at radius 2 is 1.27 bits per heavy atom. The highest BCUT2D eigenvalue weighted by molar-refractivity contribution is 5.71. The third kappa shape index (κ3) is 4.98. The number of aromatic nitrogens is 8. The Bertz CT molecular complexity index is 1240. The zero-order valence-corrected chi connectivity index (χ0v) is 17.3. The smallest absolute Gasteiger partial charge is 0.280 e. The minimum atomic E-state index is -0.442. The summed E-state index contributed by atoms with van der Waals surface area (Å²) in [6.07, 6.45) is 2.84. The van der Waals surface area contributed by atoms with Crippen molar-refractivity contribution >= 4 is 34.2 Å². The molecule has 0 atom stereocenters. The van der Waals surface area contributed by atoms with Gasteiger partial charge in [0.25, 0.3) is 11.1 Å². The van der Waals surface area contributed by atoms with E-state index in [1.54, 1.807) is 0 Å². The van der Waals surface area contributed by atoms with Crippen molar-refractivity contribution in [2.24, 2.45) is 0 Å². The van der Waals surface area contributed by atoms with Crippen LogP contribution in [0.3, 0.4) is 0 Å². The Labute approximate surface area is 184 Å². The normalized spacial score (nSPS) is 11.5. The fourth-order valence-electron chi connectivity index (χ4n) is 2.93. The fourth-order valence-corrected chi connectivity index (χ4v) is 2.93. The van der Waals surface area contributed by atoms with Crippen LogP contribution in [0.15, 0.2) is 22.2 Å². The van der Waals surface area contributed by atoms with Gasteiger partial charge in [-0.2, -0.15) is 9.97 Å². The highest BCUT2D eigenvalue weighted by Gasteiger charge is 2.12. The van der Waals surface area contributed by atoms with Crippen molar-refractivity contribution in [3.8, 4) is 0 Å². The van der Waals surface area contributed by atoms with Crippen LogP contribution < -0.4 is 21.8 Å².